The smallest absolute Gasteiger partial charge is 0.235 e. The second-order valence-corrected chi connectivity index (χ2v) is 11.4. The minimum Gasteiger partial charge on any atom is -0.309 e. The van der Waals surface area contributed by atoms with Gasteiger partial charge in [0, 0.05) is 38.4 Å². The van der Waals surface area contributed by atoms with Crippen LogP contribution in [0.25, 0.3) is 77.8 Å². The van der Waals surface area contributed by atoms with Crippen LogP contribution in [0.3, 0.4) is 0 Å². The summed E-state index contributed by atoms with van der Waals surface area (Å²) in [6.45, 7) is 0. The van der Waals surface area contributed by atoms with Gasteiger partial charge in [-0.1, -0.05) is 97.1 Å². The zero-order valence-electron chi connectivity index (χ0n) is 24.7. The van der Waals surface area contributed by atoms with E-state index < -0.39 is 0 Å². The molecule has 0 aliphatic heterocycles. The SMILES string of the molecule is N#Cc1cccc(-c2cc(-c3ccccc3)nc(-n3c4ccccc4c4cc5c6ccccc6n(-c6ccccc6)c5cc43)n2)c1. The van der Waals surface area contributed by atoms with Crippen LogP contribution < -0.4 is 0 Å². The lowest BCUT2D eigenvalue weighted by Gasteiger charge is -2.12. The van der Waals surface area contributed by atoms with Crippen molar-refractivity contribution in [2.75, 3.05) is 0 Å². The molecule has 0 radical (unpaired) electrons. The summed E-state index contributed by atoms with van der Waals surface area (Å²) >= 11 is 0. The van der Waals surface area contributed by atoms with E-state index in [2.05, 4.69) is 118 Å². The Balaban J connectivity index is 1.40. The molecule has 0 bridgehead atoms. The zero-order chi connectivity index (χ0) is 30.6. The van der Waals surface area contributed by atoms with Crippen molar-refractivity contribution in [3.63, 3.8) is 0 Å². The Morgan fingerprint density at radius 1 is 0.435 bits per heavy atom. The van der Waals surface area contributed by atoms with E-state index >= 15 is 0 Å². The Labute approximate surface area is 264 Å². The summed E-state index contributed by atoms with van der Waals surface area (Å²) < 4.78 is 4.52. The van der Waals surface area contributed by atoms with E-state index in [9.17, 15) is 5.26 Å². The van der Waals surface area contributed by atoms with Gasteiger partial charge in [-0.15, -0.1) is 0 Å². The van der Waals surface area contributed by atoms with Crippen LogP contribution in [-0.2, 0) is 0 Å². The zero-order valence-corrected chi connectivity index (χ0v) is 24.7. The second kappa shape index (κ2) is 10.3. The van der Waals surface area contributed by atoms with Crippen molar-refractivity contribution in [2.24, 2.45) is 0 Å². The van der Waals surface area contributed by atoms with Gasteiger partial charge in [-0.2, -0.15) is 5.26 Å². The van der Waals surface area contributed by atoms with Crippen LogP contribution in [0.1, 0.15) is 5.56 Å². The van der Waals surface area contributed by atoms with Gasteiger partial charge in [0.1, 0.15) is 0 Å². The van der Waals surface area contributed by atoms with Gasteiger partial charge in [0.15, 0.2) is 0 Å². The fraction of sp³-hybridized carbons (Fsp3) is 0. The third kappa shape index (κ3) is 4.02. The predicted octanol–water partition coefficient (Wildman–Crippen LogP) is 9.88. The largest absolute Gasteiger partial charge is 0.309 e. The lowest BCUT2D eigenvalue weighted by Crippen LogP contribution is -2.04. The molecule has 0 aliphatic carbocycles. The molecule has 0 saturated heterocycles. The van der Waals surface area contributed by atoms with E-state index in [1.807, 2.05) is 48.5 Å². The fourth-order valence-corrected chi connectivity index (χ4v) is 6.69. The average molecular weight is 588 g/mol. The number of nitrogens with zero attached hydrogens (tertiary/aromatic N) is 5. The molecule has 5 heteroatoms. The number of nitriles is 1. The van der Waals surface area contributed by atoms with Crippen molar-refractivity contribution in [1.82, 2.24) is 19.1 Å². The number of aromatic nitrogens is 4. The van der Waals surface area contributed by atoms with E-state index in [1.54, 1.807) is 0 Å². The number of benzene rings is 6. The number of hydrogen-bond donors (Lipinski definition) is 0. The third-order valence-electron chi connectivity index (χ3n) is 8.75. The summed E-state index contributed by atoms with van der Waals surface area (Å²) in [6.07, 6.45) is 0. The summed E-state index contributed by atoms with van der Waals surface area (Å²) in [5.74, 6) is 0.576. The van der Waals surface area contributed by atoms with E-state index in [0.717, 1.165) is 61.0 Å². The summed E-state index contributed by atoms with van der Waals surface area (Å²) in [5, 5.41) is 14.3. The molecule has 0 fully saturated rings. The Morgan fingerprint density at radius 2 is 1.00 bits per heavy atom. The summed E-state index contributed by atoms with van der Waals surface area (Å²) in [7, 11) is 0. The summed E-state index contributed by atoms with van der Waals surface area (Å²) in [6, 6.07) is 54.2. The van der Waals surface area contributed by atoms with Crippen LogP contribution in [0.2, 0.25) is 0 Å². The van der Waals surface area contributed by atoms with E-state index in [1.165, 1.54) is 10.8 Å². The number of hydrogen-bond acceptors (Lipinski definition) is 3. The highest BCUT2D eigenvalue weighted by Gasteiger charge is 2.20. The fourth-order valence-electron chi connectivity index (χ4n) is 6.69. The highest BCUT2D eigenvalue weighted by atomic mass is 15.2. The molecule has 3 heterocycles. The molecule has 46 heavy (non-hydrogen) atoms. The van der Waals surface area contributed by atoms with Crippen molar-refractivity contribution < 1.29 is 0 Å². The van der Waals surface area contributed by atoms with Gasteiger partial charge in [0.2, 0.25) is 5.95 Å². The first-order valence-corrected chi connectivity index (χ1v) is 15.2. The van der Waals surface area contributed by atoms with Gasteiger partial charge in [-0.25, -0.2) is 9.97 Å². The summed E-state index contributed by atoms with van der Waals surface area (Å²) in [5.41, 5.74) is 9.46. The molecule has 0 aliphatic rings. The predicted molar refractivity (Wildman–Crippen MR) is 186 cm³/mol. The van der Waals surface area contributed by atoms with Crippen LogP contribution >= 0.6 is 0 Å². The van der Waals surface area contributed by atoms with Gasteiger partial charge in [0.25, 0.3) is 0 Å². The van der Waals surface area contributed by atoms with Gasteiger partial charge in [-0.3, -0.25) is 4.57 Å². The van der Waals surface area contributed by atoms with Crippen LogP contribution in [0.4, 0.5) is 0 Å². The van der Waals surface area contributed by atoms with Crippen molar-refractivity contribution in [1.29, 1.82) is 5.26 Å². The molecule has 9 rings (SSSR count). The highest BCUT2D eigenvalue weighted by Crippen LogP contribution is 2.39. The molecule has 5 nitrogen and oxygen atoms in total. The number of rotatable bonds is 4. The molecule has 6 aromatic carbocycles. The first-order chi connectivity index (χ1) is 22.8. The minimum absolute atomic E-state index is 0.576. The molecule has 0 atom stereocenters. The standard InChI is InChI=1S/C41H25N5/c42-26-27-12-11-15-29(22-27)36-24-35(28-13-3-1-4-14-28)43-41(44-36)46-38-21-10-8-19-32(38)34-23-33-31-18-7-9-20-37(31)45(39(33)25-40(34)46)30-16-5-2-6-17-30/h1-25H. The number of fused-ring (bicyclic) bond motifs is 6. The van der Waals surface area contributed by atoms with Gasteiger partial charge in [0.05, 0.1) is 45.1 Å². The number of para-hydroxylation sites is 3. The van der Waals surface area contributed by atoms with Crippen molar-refractivity contribution in [2.45, 2.75) is 0 Å². The Morgan fingerprint density at radius 3 is 1.70 bits per heavy atom. The normalized spacial score (nSPS) is 11.5. The second-order valence-electron chi connectivity index (χ2n) is 11.4. The Kier molecular flexibility index (Phi) is 5.81. The minimum atomic E-state index is 0.576. The summed E-state index contributed by atoms with van der Waals surface area (Å²) in [4.78, 5) is 10.4. The molecule has 214 valence electrons. The Hall–Kier alpha value is -6.51. The maximum Gasteiger partial charge on any atom is 0.235 e. The molecule has 9 aromatic rings. The molecule has 3 aromatic heterocycles. The Bertz CT molecular complexity index is 2640. The van der Waals surface area contributed by atoms with Crippen LogP contribution in [0.15, 0.2) is 152 Å². The van der Waals surface area contributed by atoms with Gasteiger partial charge < -0.3 is 4.57 Å². The molecule has 0 saturated carbocycles. The van der Waals surface area contributed by atoms with Crippen molar-refractivity contribution in [3.8, 4) is 40.2 Å². The molecule has 0 unspecified atom stereocenters. The lowest BCUT2D eigenvalue weighted by molar-refractivity contribution is 0.995. The van der Waals surface area contributed by atoms with Crippen LogP contribution in [0.5, 0.6) is 0 Å². The van der Waals surface area contributed by atoms with Crippen molar-refractivity contribution >= 4 is 43.6 Å². The van der Waals surface area contributed by atoms with Crippen LogP contribution in [0, 0.1) is 11.3 Å². The van der Waals surface area contributed by atoms with Gasteiger partial charge >= 0.3 is 0 Å². The van der Waals surface area contributed by atoms with E-state index in [-0.39, 0.29) is 0 Å². The van der Waals surface area contributed by atoms with Crippen molar-refractivity contribution in [3.05, 3.63) is 157 Å². The van der Waals surface area contributed by atoms with Gasteiger partial charge in [-0.05, 0) is 54.6 Å². The first kappa shape index (κ1) is 25.9. The topological polar surface area (TPSA) is 59.4 Å². The van der Waals surface area contributed by atoms with E-state index in [0.29, 0.717) is 11.5 Å². The third-order valence-corrected chi connectivity index (χ3v) is 8.75. The maximum absolute atomic E-state index is 9.64. The molecule has 0 spiro atoms. The molecule has 0 amide bonds. The van der Waals surface area contributed by atoms with Crippen LogP contribution in [-0.4, -0.2) is 19.1 Å². The lowest BCUT2D eigenvalue weighted by atomic mass is 10.1. The monoisotopic (exact) mass is 587 g/mol. The molecular weight excluding hydrogens is 562 g/mol. The first-order valence-electron chi connectivity index (χ1n) is 15.2. The maximum atomic E-state index is 9.64. The highest BCUT2D eigenvalue weighted by molar-refractivity contribution is 6.19. The van der Waals surface area contributed by atoms with E-state index in [4.69, 9.17) is 9.97 Å². The molecule has 0 N–H and O–H groups in total. The quantitative estimate of drug-likeness (QED) is 0.206. The average Bonchev–Trinajstić information content (AvgIpc) is 3.63. The molecular formula is C41H25N5.